The van der Waals surface area contributed by atoms with E-state index in [1.54, 1.807) is 11.3 Å². The van der Waals surface area contributed by atoms with Crippen LogP contribution < -0.4 is 5.32 Å². The number of nitrogens with zero attached hydrogens (tertiary/aromatic N) is 2. The summed E-state index contributed by atoms with van der Waals surface area (Å²) in [5.41, 5.74) is 1.08. The van der Waals surface area contributed by atoms with Gasteiger partial charge in [-0.2, -0.15) is 0 Å². The highest BCUT2D eigenvalue weighted by Crippen LogP contribution is 2.18. The molecule has 0 aliphatic carbocycles. The molecule has 1 aliphatic heterocycles. The first-order chi connectivity index (χ1) is 10.6. The third kappa shape index (κ3) is 6.03. The molecule has 2 rings (SSSR count). The number of nitrogens with one attached hydrogen (secondary N) is 1. The van der Waals surface area contributed by atoms with E-state index in [1.807, 2.05) is 0 Å². The van der Waals surface area contributed by atoms with Crippen LogP contribution >= 0.6 is 11.3 Å². The quantitative estimate of drug-likeness (QED) is 0.895. The van der Waals surface area contributed by atoms with E-state index in [-0.39, 0.29) is 0 Å². The highest BCUT2D eigenvalue weighted by atomic mass is 32.1. The van der Waals surface area contributed by atoms with Crippen LogP contribution in [0.5, 0.6) is 0 Å². The number of aromatic nitrogens is 1. The number of aryl methyl sites for hydroxylation is 1. The lowest BCUT2D eigenvalue weighted by Gasteiger charge is -2.35. The summed E-state index contributed by atoms with van der Waals surface area (Å²) in [4.78, 5) is 7.46. The van der Waals surface area contributed by atoms with Gasteiger partial charge in [-0.15, -0.1) is 11.3 Å². The van der Waals surface area contributed by atoms with E-state index < -0.39 is 0 Å². The molecule has 1 fully saturated rings. The van der Waals surface area contributed by atoms with Crippen LogP contribution in [0.25, 0.3) is 0 Å². The van der Waals surface area contributed by atoms with Crippen molar-refractivity contribution in [2.24, 2.45) is 5.92 Å². The first-order valence-corrected chi connectivity index (χ1v) is 9.22. The molecular formula is C18H29N3S. The normalized spacial score (nSPS) is 16.0. The van der Waals surface area contributed by atoms with E-state index in [4.69, 9.17) is 4.98 Å². The highest BCUT2D eigenvalue weighted by molar-refractivity contribution is 7.09. The van der Waals surface area contributed by atoms with E-state index >= 15 is 0 Å². The third-order valence-corrected chi connectivity index (χ3v) is 4.69. The number of hydrogen-bond acceptors (Lipinski definition) is 4. The molecule has 0 spiro atoms. The zero-order valence-electron chi connectivity index (χ0n) is 14.1. The van der Waals surface area contributed by atoms with Gasteiger partial charge >= 0.3 is 0 Å². The molecule has 22 heavy (non-hydrogen) atoms. The standard InChI is InChI=1S/C18H29N3S/c1-15(2)13-21(17-8-10-19-11-9-17)14-18-20-16(3)7-5-4-6-12-22-18/h4-7,12,15,17,19H,8-11,13-14H2,1-3H3. The Balaban J connectivity index is 2.18. The van der Waals surface area contributed by atoms with Gasteiger partial charge in [0.25, 0.3) is 0 Å². The lowest BCUT2D eigenvalue weighted by molar-refractivity contribution is 0.137. The van der Waals surface area contributed by atoms with Gasteiger partial charge in [0.15, 0.2) is 0 Å². The van der Waals surface area contributed by atoms with Crippen LogP contribution in [0.4, 0.5) is 0 Å². The Hall–Kier alpha value is -0.970. The van der Waals surface area contributed by atoms with E-state index in [9.17, 15) is 0 Å². The van der Waals surface area contributed by atoms with Crippen LogP contribution in [-0.2, 0) is 6.54 Å². The summed E-state index contributed by atoms with van der Waals surface area (Å²) in [6.07, 6.45) is 2.49. The zero-order chi connectivity index (χ0) is 15.8. The Bertz CT molecular complexity index is 491. The van der Waals surface area contributed by atoms with Gasteiger partial charge in [-0.3, -0.25) is 4.90 Å². The van der Waals surface area contributed by atoms with Gasteiger partial charge in [-0.05, 0) is 50.2 Å². The van der Waals surface area contributed by atoms with Crippen molar-refractivity contribution in [1.82, 2.24) is 15.2 Å². The summed E-state index contributed by atoms with van der Waals surface area (Å²) in [5.74, 6) is 0.686. The molecule has 0 radical (unpaired) electrons. The number of rotatable bonds is 5. The smallest absolute Gasteiger partial charge is 0.107 e. The van der Waals surface area contributed by atoms with Gasteiger partial charge in [0.05, 0.1) is 6.54 Å². The van der Waals surface area contributed by atoms with Crippen LogP contribution in [0.2, 0.25) is 0 Å². The summed E-state index contributed by atoms with van der Waals surface area (Å²) < 4.78 is 0. The second-order valence-corrected chi connectivity index (χ2v) is 7.43. The first kappa shape index (κ1) is 17.4. The lowest BCUT2D eigenvalue weighted by Crippen LogP contribution is -2.44. The van der Waals surface area contributed by atoms with Crippen molar-refractivity contribution >= 4 is 11.3 Å². The second-order valence-electron chi connectivity index (χ2n) is 6.45. The summed E-state index contributed by atoms with van der Waals surface area (Å²) >= 11 is 1.75. The Kier molecular flexibility index (Phi) is 7.30. The summed E-state index contributed by atoms with van der Waals surface area (Å²) in [7, 11) is 0. The van der Waals surface area contributed by atoms with Crippen LogP contribution in [0.1, 0.15) is 37.4 Å². The van der Waals surface area contributed by atoms with Gasteiger partial charge < -0.3 is 5.32 Å². The molecule has 0 amide bonds. The molecule has 1 aliphatic rings. The average molecular weight is 320 g/mol. The highest BCUT2D eigenvalue weighted by Gasteiger charge is 2.22. The average Bonchev–Trinajstić information content (AvgIpc) is 2.59. The molecule has 0 atom stereocenters. The second kappa shape index (κ2) is 9.23. The van der Waals surface area contributed by atoms with Gasteiger partial charge in [-0.25, -0.2) is 4.98 Å². The molecule has 1 N–H and O–H groups in total. The molecular weight excluding hydrogens is 290 g/mol. The molecule has 1 aromatic heterocycles. The first-order valence-electron chi connectivity index (χ1n) is 8.34. The predicted molar refractivity (Wildman–Crippen MR) is 95.6 cm³/mol. The molecule has 0 unspecified atom stereocenters. The maximum absolute atomic E-state index is 4.82. The molecule has 122 valence electrons. The molecule has 0 saturated carbocycles. The van der Waals surface area contributed by atoms with Gasteiger partial charge in [0, 0.05) is 18.3 Å². The van der Waals surface area contributed by atoms with E-state index in [0.717, 1.165) is 31.9 Å². The molecule has 3 nitrogen and oxygen atoms in total. The molecule has 2 heterocycles. The van der Waals surface area contributed by atoms with Crippen LogP contribution in [0.3, 0.4) is 0 Å². The van der Waals surface area contributed by atoms with Crippen molar-refractivity contribution in [2.75, 3.05) is 19.6 Å². The molecule has 0 aromatic carbocycles. The Morgan fingerprint density at radius 1 is 1.27 bits per heavy atom. The fourth-order valence-corrected chi connectivity index (χ4v) is 3.68. The van der Waals surface area contributed by atoms with Crippen LogP contribution in [0.15, 0.2) is 29.6 Å². The van der Waals surface area contributed by atoms with Gasteiger partial charge in [0.2, 0.25) is 0 Å². The van der Waals surface area contributed by atoms with Crippen LogP contribution in [-0.4, -0.2) is 35.6 Å². The number of piperidine rings is 1. The van der Waals surface area contributed by atoms with E-state index in [2.05, 4.69) is 60.6 Å². The minimum Gasteiger partial charge on any atom is -0.317 e. The monoisotopic (exact) mass is 319 g/mol. The third-order valence-electron chi connectivity index (χ3n) is 3.91. The molecule has 0 bridgehead atoms. The fraction of sp³-hybridized carbons (Fsp3) is 0.611. The largest absolute Gasteiger partial charge is 0.317 e. The van der Waals surface area contributed by atoms with Crippen molar-refractivity contribution in [3.63, 3.8) is 0 Å². The van der Waals surface area contributed by atoms with Crippen LogP contribution in [0, 0.1) is 12.8 Å². The van der Waals surface area contributed by atoms with Gasteiger partial charge in [-0.1, -0.05) is 32.0 Å². The van der Waals surface area contributed by atoms with Crippen molar-refractivity contribution in [3.05, 3.63) is 40.3 Å². The Labute approximate surface area is 139 Å². The van der Waals surface area contributed by atoms with Crippen molar-refractivity contribution in [3.8, 4) is 0 Å². The molecule has 1 aromatic rings. The maximum Gasteiger partial charge on any atom is 0.107 e. The number of hydrogen-bond donors (Lipinski definition) is 1. The van der Waals surface area contributed by atoms with Crippen molar-refractivity contribution < 1.29 is 0 Å². The summed E-state index contributed by atoms with van der Waals surface area (Å²) in [6, 6.07) is 8.97. The molecule has 1 saturated heterocycles. The lowest BCUT2D eigenvalue weighted by atomic mass is 10.0. The van der Waals surface area contributed by atoms with E-state index in [0.29, 0.717) is 12.0 Å². The van der Waals surface area contributed by atoms with E-state index in [1.165, 1.54) is 17.8 Å². The summed E-state index contributed by atoms with van der Waals surface area (Å²) in [6.45, 7) is 11.1. The van der Waals surface area contributed by atoms with Gasteiger partial charge in [0.1, 0.15) is 5.01 Å². The summed E-state index contributed by atoms with van der Waals surface area (Å²) in [5, 5.41) is 6.81. The Morgan fingerprint density at radius 3 is 2.77 bits per heavy atom. The maximum atomic E-state index is 4.82. The minimum atomic E-state index is 0.686. The fourth-order valence-electron chi connectivity index (χ4n) is 2.91. The topological polar surface area (TPSA) is 28.2 Å². The van der Waals surface area contributed by atoms with Crippen molar-refractivity contribution in [1.29, 1.82) is 0 Å². The molecule has 4 heteroatoms. The predicted octanol–water partition coefficient (Wildman–Crippen LogP) is 3.79. The SMILES string of the molecule is Cc1cccccsc(CN(CC(C)C)C2CCNCC2)n1. The Morgan fingerprint density at radius 2 is 2.05 bits per heavy atom. The zero-order valence-corrected chi connectivity index (χ0v) is 14.9. The van der Waals surface area contributed by atoms with Crippen molar-refractivity contribution in [2.45, 2.75) is 46.2 Å². The minimum absolute atomic E-state index is 0.686.